The lowest BCUT2D eigenvalue weighted by molar-refractivity contribution is -0.124. The van der Waals surface area contributed by atoms with Crippen LogP contribution in [-0.4, -0.2) is 49.7 Å². The molecular formula is C21H17BrClF2N5O4S. The number of carbonyl (C=O) groups is 2. The van der Waals surface area contributed by atoms with Crippen molar-refractivity contribution in [3.05, 3.63) is 57.6 Å². The maximum absolute atomic E-state index is 13.1. The first kappa shape index (κ1) is 25.4. The van der Waals surface area contributed by atoms with E-state index < -0.39 is 29.7 Å². The molecule has 2 aromatic heterocycles. The van der Waals surface area contributed by atoms with Crippen molar-refractivity contribution in [1.29, 1.82) is 0 Å². The van der Waals surface area contributed by atoms with Gasteiger partial charge in [0.1, 0.15) is 22.9 Å². The number of rotatable bonds is 7. The number of nitrogens with zero attached hydrogens (tertiary/aromatic N) is 3. The Morgan fingerprint density at radius 1 is 1.26 bits per heavy atom. The molecule has 2 amide bonds. The number of aliphatic hydroxyl groups is 1. The van der Waals surface area contributed by atoms with Crippen LogP contribution < -0.4 is 15.5 Å². The van der Waals surface area contributed by atoms with Crippen LogP contribution in [0.15, 0.2) is 52.7 Å². The Balaban J connectivity index is 1.46. The highest BCUT2D eigenvalue weighted by atomic mass is 79.9. The van der Waals surface area contributed by atoms with Crippen LogP contribution in [0.1, 0.15) is 22.5 Å². The summed E-state index contributed by atoms with van der Waals surface area (Å²) in [4.78, 5) is 34.6. The van der Waals surface area contributed by atoms with Crippen LogP contribution in [0.2, 0.25) is 0 Å². The van der Waals surface area contributed by atoms with Gasteiger partial charge in [0.15, 0.2) is 3.92 Å². The molecule has 4 rings (SSSR count). The molecule has 35 heavy (non-hydrogen) atoms. The molecule has 1 aliphatic heterocycles. The van der Waals surface area contributed by atoms with Crippen molar-refractivity contribution in [3.63, 3.8) is 0 Å². The number of carbonyl (C=O) groups excluding carboxylic acids is 2. The second kappa shape index (κ2) is 10.5. The van der Waals surface area contributed by atoms with Gasteiger partial charge < -0.3 is 15.2 Å². The second-order valence-electron chi connectivity index (χ2n) is 7.37. The van der Waals surface area contributed by atoms with Gasteiger partial charge in [0.25, 0.3) is 5.91 Å². The molecule has 1 fully saturated rings. The van der Waals surface area contributed by atoms with Crippen molar-refractivity contribution in [2.75, 3.05) is 5.32 Å². The van der Waals surface area contributed by atoms with Crippen molar-refractivity contribution in [2.24, 2.45) is 0 Å². The van der Waals surface area contributed by atoms with Crippen molar-refractivity contribution >= 4 is 56.4 Å². The van der Waals surface area contributed by atoms with E-state index in [2.05, 4.69) is 41.4 Å². The summed E-state index contributed by atoms with van der Waals surface area (Å²) in [7, 11) is 0. The summed E-state index contributed by atoms with van der Waals surface area (Å²) in [5, 5.41) is 14.2. The monoisotopic (exact) mass is 587 g/mol. The molecule has 1 aromatic carbocycles. The van der Waals surface area contributed by atoms with Gasteiger partial charge in [0.2, 0.25) is 5.91 Å². The number of hydrazine groups is 1. The maximum atomic E-state index is 13.1. The standard InChI is InChI=1S/C21H17BrClF2N5O4S/c22-20-28-16(11-2-1-9-26-10-11)17(35-20)19(33)29-30-14(7-8-15(30)31)18(32)27-12-3-5-13(6-4-12)34-21(23,24)25/h1-6,9-10,14-15,31H,7-8H2,(H,27,32)(H,29,33). The summed E-state index contributed by atoms with van der Waals surface area (Å²) in [6, 6.07) is 7.76. The summed E-state index contributed by atoms with van der Waals surface area (Å²) in [6.07, 6.45) is 2.60. The fourth-order valence-corrected chi connectivity index (χ4v) is 4.94. The third-order valence-corrected chi connectivity index (χ3v) is 6.57. The number of anilines is 1. The molecule has 1 aliphatic rings. The number of benzene rings is 1. The predicted octanol–water partition coefficient (Wildman–Crippen LogP) is 4.20. The lowest BCUT2D eigenvalue weighted by atomic mass is 10.2. The van der Waals surface area contributed by atoms with Crippen LogP contribution in [0.3, 0.4) is 0 Å². The molecular weight excluding hydrogens is 572 g/mol. The summed E-state index contributed by atoms with van der Waals surface area (Å²) in [5.41, 5.74) is 0.109. The molecule has 14 heteroatoms. The number of halogens is 4. The Morgan fingerprint density at radius 2 is 2.00 bits per heavy atom. The number of hydrogen-bond acceptors (Lipinski definition) is 8. The van der Waals surface area contributed by atoms with Gasteiger partial charge in [0, 0.05) is 35.2 Å². The highest BCUT2D eigenvalue weighted by Crippen LogP contribution is 2.32. The normalized spacial score (nSPS) is 18.3. The number of pyridine rings is 1. The van der Waals surface area contributed by atoms with Crippen molar-refractivity contribution in [1.82, 2.24) is 20.4 Å². The van der Waals surface area contributed by atoms with Crippen LogP contribution in [0.5, 0.6) is 5.75 Å². The highest BCUT2D eigenvalue weighted by Gasteiger charge is 2.39. The SMILES string of the molecule is O=C(NN1C(O)CCC1C(=O)Nc1ccc(OC(F)(F)Cl)cc1)c1sc(Br)nc1-c1cccnc1. The molecule has 9 nitrogen and oxygen atoms in total. The second-order valence-corrected chi connectivity index (χ2v) is 10.1. The molecule has 0 bridgehead atoms. The van der Waals surface area contributed by atoms with Gasteiger partial charge in [-0.15, -0.1) is 20.1 Å². The first-order valence-electron chi connectivity index (χ1n) is 10.1. The van der Waals surface area contributed by atoms with E-state index in [1.165, 1.54) is 29.3 Å². The third kappa shape index (κ3) is 6.30. The summed E-state index contributed by atoms with van der Waals surface area (Å²) < 4.78 is 30.2. The molecule has 184 valence electrons. The number of hydrogen-bond donors (Lipinski definition) is 3. The van der Waals surface area contributed by atoms with Crippen LogP contribution in [0.25, 0.3) is 11.3 Å². The summed E-state index contributed by atoms with van der Waals surface area (Å²) in [6.45, 7) is 0. The molecule has 2 atom stereocenters. The van der Waals surface area contributed by atoms with E-state index >= 15 is 0 Å². The van der Waals surface area contributed by atoms with E-state index in [9.17, 15) is 23.5 Å². The first-order chi connectivity index (χ1) is 16.6. The number of nitrogens with one attached hydrogen (secondary N) is 2. The van der Waals surface area contributed by atoms with E-state index in [1.807, 2.05) is 0 Å². The van der Waals surface area contributed by atoms with Crippen LogP contribution in [0, 0.1) is 0 Å². The van der Waals surface area contributed by atoms with E-state index in [0.717, 1.165) is 11.3 Å². The van der Waals surface area contributed by atoms with Gasteiger partial charge >= 0.3 is 5.57 Å². The number of thiazole rings is 1. The lowest BCUT2D eigenvalue weighted by Crippen LogP contribution is -2.53. The molecule has 3 aromatic rings. The summed E-state index contributed by atoms with van der Waals surface area (Å²) >= 11 is 9.13. The topological polar surface area (TPSA) is 117 Å². The molecule has 3 heterocycles. The number of aliphatic hydroxyl groups excluding tert-OH is 1. The zero-order valence-electron chi connectivity index (χ0n) is 17.6. The third-order valence-electron chi connectivity index (χ3n) is 4.99. The fraction of sp³-hybridized carbons (Fsp3) is 0.238. The smallest absolute Gasteiger partial charge is 0.420 e. The molecule has 3 N–H and O–H groups in total. The predicted molar refractivity (Wildman–Crippen MR) is 128 cm³/mol. The van der Waals surface area contributed by atoms with Crippen LogP contribution in [-0.2, 0) is 4.79 Å². The minimum absolute atomic E-state index is 0.187. The Kier molecular flexibility index (Phi) is 7.62. The summed E-state index contributed by atoms with van der Waals surface area (Å²) in [5.74, 6) is -1.24. The Hall–Kier alpha value is -2.71. The van der Waals surface area contributed by atoms with Gasteiger partial charge in [0.05, 0.1) is 5.69 Å². The largest absolute Gasteiger partial charge is 0.487 e. The van der Waals surface area contributed by atoms with Crippen molar-refractivity contribution in [2.45, 2.75) is 30.7 Å². The minimum Gasteiger partial charge on any atom is -0.420 e. The number of alkyl halides is 3. The van der Waals surface area contributed by atoms with Gasteiger partial charge in [-0.2, -0.15) is 5.01 Å². The maximum Gasteiger partial charge on any atom is 0.487 e. The molecule has 2 unspecified atom stereocenters. The number of aromatic nitrogens is 2. The van der Waals surface area contributed by atoms with Gasteiger partial charge in [-0.05, 0) is 65.2 Å². The zero-order chi connectivity index (χ0) is 25.2. The minimum atomic E-state index is -3.85. The van der Waals surface area contributed by atoms with E-state index in [1.54, 1.807) is 24.5 Å². The van der Waals surface area contributed by atoms with Crippen molar-refractivity contribution < 1.29 is 28.2 Å². The van der Waals surface area contributed by atoms with Crippen molar-refractivity contribution in [3.8, 4) is 17.0 Å². The average molecular weight is 589 g/mol. The lowest BCUT2D eigenvalue weighted by Gasteiger charge is -2.26. The van der Waals surface area contributed by atoms with E-state index in [-0.39, 0.29) is 23.5 Å². The molecule has 0 radical (unpaired) electrons. The molecule has 0 spiro atoms. The van der Waals surface area contributed by atoms with Crippen LogP contribution in [0.4, 0.5) is 14.5 Å². The van der Waals surface area contributed by atoms with Gasteiger partial charge in [-0.3, -0.25) is 20.0 Å². The van der Waals surface area contributed by atoms with E-state index in [0.29, 0.717) is 20.9 Å². The molecule has 0 aliphatic carbocycles. The fourth-order valence-electron chi connectivity index (χ4n) is 3.48. The Morgan fingerprint density at radius 3 is 2.66 bits per heavy atom. The quantitative estimate of drug-likeness (QED) is 0.354. The first-order valence-corrected chi connectivity index (χ1v) is 12.1. The average Bonchev–Trinajstić information content (AvgIpc) is 3.37. The Labute approximate surface area is 215 Å². The van der Waals surface area contributed by atoms with E-state index in [4.69, 9.17) is 11.6 Å². The zero-order valence-corrected chi connectivity index (χ0v) is 20.8. The molecule has 0 saturated carbocycles. The number of ether oxygens (including phenoxy) is 1. The number of amides is 2. The van der Waals surface area contributed by atoms with Gasteiger partial charge in [-0.1, -0.05) is 0 Å². The van der Waals surface area contributed by atoms with Gasteiger partial charge in [-0.25, -0.2) is 4.98 Å². The Bertz CT molecular complexity index is 1210. The highest BCUT2D eigenvalue weighted by molar-refractivity contribution is 9.11. The van der Waals surface area contributed by atoms with Crippen LogP contribution >= 0.6 is 38.9 Å². The molecule has 1 saturated heterocycles.